The third-order valence-electron chi connectivity index (χ3n) is 3.95. The minimum Gasteiger partial charge on any atom is -0.327 e. The van der Waals surface area contributed by atoms with Crippen molar-refractivity contribution in [1.29, 1.82) is 0 Å². The molecule has 3 nitrogen and oxygen atoms in total. The van der Waals surface area contributed by atoms with Crippen LogP contribution in [0, 0.1) is 0 Å². The van der Waals surface area contributed by atoms with Crippen LogP contribution >= 0.6 is 23.2 Å². The molecule has 5 heteroatoms. The fourth-order valence-corrected chi connectivity index (χ4v) is 3.23. The summed E-state index contributed by atoms with van der Waals surface area (Å²) >= 11 is 11.9. The van der Waals surface area contributed by atoms with E-state index in [0.29, 0.717) is 28.3 Å². The van der Waals surface area contributed by atoms with Gasteiger partial charge < -0.3 is 10.2 Å². The molecule has 1 aliphatic carbocycles. The summed E-state index contributed by atoms with van der Waals surface area (Å²) in [5, 5.41) is 3.90. The molecule has 1 unspecified atom stereocenters. The standard InChI is InChI=1S/C15H20Cl2N2O/c1-19(12-5-3-2-4-6-12)10-15(20)18-14-8-7-11(16)9-13(14)17/h7-9,12H,2-6,10H2,1H3,(H,18,20)/p+1. The lowest BCUT2D eigenvalue weighted by molar-refractivity contribution is -0.899. The van der Waals surface area contributed by atoms with Crippen molar-refractivity contribution in [3.05, 3.63) is 28.2 Å². The number of halogens is 2. The monoisotopic (exact) mass is 315 g/mol. The van der Waals surface area contributed by atoms with Crippen LogP contribution in [0.15, 0.2) is 18.2 Å². The molecule has 2 N–H and O–H groups in total. The van der Waals surface area contributed by atoms with E-state index in [2.05, 4.69) is 12.4 Å². The van der Waals surface area contributed by atoms with Gasteiger partial charge in [0.15, 0.2) is 6.54 Å². The number of benzene rings is 1. The molecule has 20 heavy (non-hydrogen) atoms. The summed E-state index contributed by atoms with van der Waals surface area (Å²) < 4.78 is 0. The first-order valence-electron chi connectivity index (χ1n) is 7.13. The Morgan fingerprint density at radius 1 is 1.30 bits per heavy atom. The van der Waals surface area contributed by atoms with Crippen LogP contribution in [0.25, 0.3) is 0 Å². The van der Waals surface area contributed by atoms with E-state index in [1.165, 1.54) is 37.0 Å². The molecule has 0 radical (unpaired) electrons. The topological polar surface area (TPSA) is 33.5 Å². The van der Waals surface area contributed by atoms with E-state index in [0.717, 1.165) is 0 Å². The maximum atomic E-state index is 12.1. The number of hydrogen-bond donors (Lipinski definition) is 2. The summed E-state index contributed by atoms with van der Waals surface area (Å²) in [4.78, 5) is 13.4. The normalized spacial score (nSPS) is 17.8. The van der Waals surface area contributed by atoms with E-state index in [-0.39, 0.29) is 5.91 Å². The molecule has 2 rings (SSSR count). The van der Waals surface area contributed by atoms with E-state index in [1.807, 2.05) is 0 Å². The van der Waals surface area contributed by atoms with Gasteiger partial charge in [-0.05, 0) is 43.9 Å². The van der Waals surface area contributed by atoms with Crippen molar-refractivity contribution in [2.75, 3.05) is 18.9 Å². The first-order valence-corrected chi connectivity index (χ1v) is 7.89. The molecule has 0 saturated heterocycles. The molecule has 0 aliphatic heterocycles. The average Bonchev–Trinajstić information content (AvgIpc) is 2.43. The van der Waals surface area contributed by atoms with Crippen molar-refractivity contribution < 1.29 is 9.69 Å². The Labute approximate surface area is 130 Å². The Bertz CT molecular complexity index is 473. The summed E-state index contributed by atoms with van der Waals surface area (Å²) in [6.45, 7) is 0.476. The quantitative estimate of drug-likeness (QED) is 0.880. The average molecular weight is 316 g/mol. The highest BCUT2D eigenvalue weighted by molar-refractivity contribution is 6.36. The first-order chi connectivity index (χ1) is 9.56. The van der Waals surface area contributed by atoms with Gasteiger partial charge in [0.05, 0.1) is 23.8 Å². The number of hydrogen-bond acceptors (Lipinski definition) is 1. The summed E-state index contributed by atoms with van der Waals surface area (Å²) in [5.74, 6) is -0.00250. The zero-order valence-electron chi connectivity index (χ0n) is 11.7. The minimum atomic E-state index is -0.00250. The van der Waals surface area contributed by atoms with Gasteiger partial charge >= 0.3 is 0 Å². The van der Waals surface area contributed by atoms with Gasteiger partial charge in [0.1, 0.15) is 0 Å². The molecule has 0 aromatic heterocycles. The highest BCUT2D eigenvalue weighted by Crippen LogP contribution is 2.25. The van der Waals surface area contributed by atoms with Crippen LogP contribution < -0.4 is 10.2 Å². The van der Waals surface area contributed by atoms with Gasteiger partial charge in [-0.3, -0.25) is 4.79 Å². The molecule has 1 aliphatic rings. The fraction of sp³-hybridized carbons (Fsp3) is 0.533. The predicted molar refractivity (Wildman–Crippen MR) is 83.7 cm³/mol. The SMILES string of the molecule is C[NH+](CC(=O)Nc1ccc(Cl)cc1Cl)C1CCCCC1. The maximum absolute atomic E-state index is 12.1. The van der Waals surface area contributed by atoms with Gasteiger partial charge in [0.25, 0.3) is 5.91 Å². The number of amides is 1. The summed E-state index contributed by atoms with van der Waals surface area (Å²) in [5.41, 5.74) is 0.623. The third kappa shape index (κ3) is 4.37. The molecule has 1 aromatic rings. The Kier molecular flexibility index (Phi) is 5.70. The lowest BCUT2D eigenvalue weighted by atomic mass is 9.94. The molecular formula is C15H21Cl2N2O+. The summed E-state index contributed by atoms with van der Waals surface area (Å²) in [7, 11) is 2.10. The number of carbonyl (C=O) groups is 1. The Balaban J connectivity index is 1.88. The van der Waals surface area contributed by atoms with E-state index in [4.69, 9.17) is 23.2 Å². The van der Waals surface area contributed by atoms with Crippen molar-refractivity contribution in [3.63, 3.8) is 0 Å². The zero-order chi connectivity index (χ0) is 14.5. The molecule has 1 amide bonds. The molecular weight excluding hydrogens is 295 g/mol. The van der Waals surface area contributed by atoms with E-state index < -0.39 is 0 Å². The first kappa shape index (κ1) is 15.6. The Morgan fingerprint density at radius 2 is 2.00 bits per heavy atom. The van der Waals surface area contributed by atoms with Crippen molar-refractivity contribution in [1.82, 2.24) is 0 Å². The lowest BCUT2D eigenvalue weighted by Crippen LogP contribution is -3.14. The maximum Gasteiger partial charge on any atom is 0.279 e. The zero-order valence-corrected chi connectivity index (χ0v) is 13.2. The second kappa shape index (κ2) is 7.30. The van der Waals surface area contributed by atoms with Crippen molar-refractivity contribution in [2.24, 2.45) is 0 Å². The minimum absolute atomic E-state index is 0.00250. The molecule has 0 spiro atoms. The van der Waals surface area contributed by atoms with Crippen molar-refractivity contribution in [3.8, 4) is 0 Å². The molecule has 0 heterocycles. The fourth-order valence-electron chi connectivity index (χ4n) is 2.78. The number of quaternary nitrogens is 1. The van der Waals surface area contributed by atoms with Crippen LogP contribution in [0.3, 0.4) is 0 Å². The second-order valence-corrected chi connectivity index (χ2v) is 6.37. The van der Waals surface area contributed by atoms with Crippen molar-refractivity contribution in [2.45, 2.75) is 38.1 Å². The predicted octanol–water partition coefficient (Wildman–Crippen LogP) is 2.78. The Hall–Kier alpha value is -0.770. The van der Waals surface area contributed by atoms with Gasteiger partial charge in [0.2, 0.25) is 0 Å². The van der Waals surface area contributed by atoms with Gasteiger partial charge in [0, 0.05) is 5.02 Å². The van der Waals surface area contributed by atoms with Crippen molar-refractivity contribution >= 4 is 34.8 Å². The van der Waals surface area contributed by atoms with Crippen LogP contribution in [0.5, 0.6) is 0 Å². The van der Waals surface area contributed by atoms with Crippen LogP contribution in [0.1, 0.15) is 32.1 Å². The van der Waals surface area contributed by atoms with Gasteiger partial charge in [-0.25, -0.2) is 0 Å². The number of carbonyl (C=O) groups excluding carboxylic acids is 1. The lowest BCUT2D eigenvalue weighted by Gasteiger charge is -2.27. The van der Waals surface area contributed by atoms with E-state index >= 15 is 0 Å². The highest BCUT2D eigenvalue weighted by atomic mass is 35.5. The summed E-state index contributed by atoms with van der Waals surface area (Å²) in [6, 6.07) is 5.70. The molecule has 0 bridgehead atoms. The number of likely N-dealkylation sites (N-methyl/N-ethyl adjacent to an activating group) is 1. The van der Waals surface area contributed by atoms with Gasteiger partial charge in [-0.15, -0.1) is 0 Å². The molecule has 1 atom stereocenters. The Morgan fingerprint density at radius 3 is 2.65 bits per heavy atom. The molecule has 110 valence electrons. The van der Waals surface area contributed by atoms with Crippen LogP contribution in [-0.2, 0) is 4.79 Å². The van der Waals surface area contributed by atoms with Crippen LogP contribution in [0.4, 0.5) is 5.69 Å². The van der Waals surface area contributed by atoms with Crippen LogP contribution in [0.2, 0.25) is 10.0 Å². The van der Waals surface area contributed by atoms with Gasteiger partial charge in [-0.2, -0.15) is 0 Å². The summed E-state index contributed by atoms with van der Waals surface area (Å²) in [6.07, 6.45) is 6.34. The number of anilines is 1. The molecule has 1 saturated carbocycles. The smallest absolute Gasteiger partial charge is 0.279 e. The van der Waals surface area contributed by atoms with Crippen LogP contribution in [-0.4, -0.2) is 25.5 Å². The van der Waals surface area contributed by atoms with Gasteiger partial charge in [-0.1, -0.05) is 29.6 Å². The molecule has 1 aromatic carbocycles. The molecule has 1 fully saturated rings. The largest absolute Gasteiger partial charge is 0.327 e. The highest BCUT2D eigenvalue weighted by Gasteiger charge is 2.23. The van der Waals surface area contributed by atoms with E-state index in [9.17, 15) is 4.79 Å². The van der Waals surface area contributed by atoms with E-state index in [1.54, 1.807) is 18.2 Å². The number of rotatable bonds is 4. The number of nitrogens with one attached hydrogen (secondary N) is 2. The third-order valence-corrected chi connectivity index (χ3v) is 4.49. The second-order valence-electron chi connectivity index (χ2n) is 5.53.